The van der Waals surface area contributed by atoms with Crippen LogP contribution in [0.5, 0.6) is 0 Å². The molecular weight excluding hydrogens is 991 g/mol. The normalized spacial score (nSPS) is 19.5. The fourth-order valence-corrected chi connectivity index (χ4v) is 9.41. The zero-order chi connectivity index (χ0) is 57.5. The van der Waals surface area contributed by atoms with Crippen molar-refractivity contribution in [2.24, 2.45) is 0 Å². The van der Waals surface area contributed by atoms with Crippen LogP contribution in [0.2, 0.25) is 0 Å². The van der Waals surface area contributed by atoms with E-state index in [-0.39, 0.29) is 19.4 Å². The van der Waals surface area contributed by atoms with Gasteiger partial charge >= 0.3 is 5.97 Å². The number of carbonyl (C=O) groups is 2. The quantitative estimate of drug-likeness (QED) is 0.0195. The molecule has 1 fully saturated rings. The van der Waals surface area contributed by atoms with E-state index in [1.807, 2.05) is 6.08 Å². The average Bonchev–Trinajstić information content (AvgIpc) is 3.49. The Bertz CT molecular complexity index is 1650. The van der Waals surface area contributed by atoms with E-state index in [2.05, 4.69) is 111 Å². The third-order valence-electron chi connectivity index (χ3n) is 14.5. The van der Waals surface area contributed by atoms with E-state index in [1.165, 1.54) is 83.5 Å². The fourth-order valence-electron chi connectivity index (χ4n) is 9.41. The van der Waals surface area contributed by atoms with Gasteiger partial charge in [-0.15, -0.1) is 0 Å². The summed E-state index contributed by atoms with van der Waals surface area (Å²) in [4.78, 5) is 26.6. The third-order valence-corrected chi connectivity index (χ3v) is 14.5. The van der Waals surface area contributed by atoms with Gasteiger partial charge < -0.3 is 45.1 Å². The van der Waals surface area contributed by atoms with Gasteiger partial charge in [0.1, 0.15) is 24.4 Å². The second-order valence-corrected chi connectivity index (χ2v) is 21.8. The summed E-state index contributed by atoms with van der Waals surface area (Å²) in [5, 5.41) is 57.1. The molecule has 0 saturated carbocycles. The fraction of sp³-hybridized carbons (Fsp3) is 0.735. The lowest BCUT2D eigenvalue weighted by Gasteiger charge is -2.41. The van der Waals surface area contributed by atoms with Crippen LogP contribution in [0.25, 0.3) is 0 Å². The first-order chi connectivity index (χ1) is 38.7. The van der Waals surface area contributed by atoms with Gasteiger partial charge in [0.2, 0.25) is 5.91 Å². The molecule has 0 aromatic carbocycles. The lowest BCUT2D eigenvalue weighted by molar-refractivity contribution is -0.305. The zero-order valence-corrected chi connectivity index (χ0v) is 50.2. The minimum atomic E-state index is -1.63. The van der Waals surface area contributed by atoms with Crippen molar-refractivity contribution in [1.29, 1.82) is 0 Å². The molecular formula is C68H117NO10. The van der Waals surface area contributed by atoms with Gasteiger partial charge in [0, 0.05) is 6.42 Å². The molecule has 6 N–H and O–H groups in total. The molecule has 0 radical (unpaired) electrons. The molecule has 0 aliphatic carbocycles. The minimum absolute atomic E-state index is 0.0958. The van der Waals surface area contributed by atoms with Crippen LogP contribution >= 0.6 is 0 Å². The molecule has 454 valence electrons. The number of aliphatic hydroxyl groups is 5. The van der Waals surface area contributed by atoms with E-state index in [0.29, 0.717) is 12.8 Å². The highest BCUT2D eigenvalue weighted by Gasteiger charge is 2.47. The Hall–Kier alpha value is -3.42. The lowest BCUT2D eigenvalue weighted by atomic mass is 9.99. The highest BCUT2D eigenvalue weighted by Crippen LogP contribution is 2.26. The number of amides is 1. The standard InChI is InChI=1S/C68H117NO10/c1-4-7-10-13-16-19-22-25-27-29-30-31-32-33-35-38-41-44-47-50-53-56-63(73)79-66-65(75)64(74)62(57-70)78-68(66)77-58-59(60(71)54-51-48-45-42-39-36-24-21-18-15-12-9-6-3)69-67(76)61(72)55-52-49-46-43-40-37-34-28-26-23-20-17-14-11-8-5-2/h7,10,16-17,19-20,25-28,30-31,33,35,51,54,59-62,64-66,68,70-72,74-75H,4-6,8-9,11-15,18,21-24,29,32,34,36-50,52-53,55-58H2,1-3H3,(H,69,76)/b10-7-,19-16-,20-17-,27-25-,28-26-,31-30-,35-33-,54-51+. The van der Waals surface area contributed by atoms with Crippen molar-refractivity contribution in [3.8, 4) is 0 Å². The molecule has 11 heteroatoms. The summed E-state index contributed by atoms with van der Waals surface area (Å²) in [6.45, 7) is 5.64. The number of ether oxygens (including phenoxy) is 3. The molecule has 0 spiro atoms. The van der Waals surface area contributed by atoms with Gasteiger partial charge in [0.15, 0.2) is 12.4 Å². The van der Waals surface area contributed by atoms with Gasteiger partial charge in [-0.25, -0.2) is 0 Å². The van der Waals surface area contributed by atoms with Crippen LogP contribution in [0.1, 0.15) is 258 Å². The van der Waals surface area contributed by atoms with E-state index in [0.717, 1.165) is 128 Å². The number of rotatable bonds is 53. The smallest absolute Gasteiger partial charge is 0.306 e. The zero-order valence-electron chi connectivity index (χ0n) is 50.2. The highest BCUT2D eigenvalue weighted by molar-refractivity contribution is 5.80. The molecule has 0 aromatic heterocycles. The van der Waals surface area contributed by atoms with Crippen molar-refractivity contribution in [1.82, 2.24) is 5.32 Å². The van der Waals surface area contributed by atoms with Crippen molar-refractivity contribution < 1.29 is 49.3 Å². The number of esters is 1. The first-order valence-electron chi connectivity index (χ1n) is 32.0. The third kappa shape index (κ3) is 43.0. The average molecular weight is 1110 g/mol. The summed E-state index contributed by atoms with van der Waals surface area (Å²) in [5.74, 6) is -1.23. The molecule has 0 aromatic rings. The summed E-state index contributed by atoms with van der Waals surface area (Å²) in [6.07, 6.45) is 62.9. The van der Waals surface area contributed by atoms with Crippen LogP contribution in [0, 0.1) is 0 Å². The Balaban J connectivity index is 2.69. The molecule has 1 saturated heterocycles. The Morgan fingerprint density at radius 1 is 0.506 bits per heavy atom. The number of hydrogen-bond donors (Lipinski definition) is 6. The lowest BCUT2D eigenvalue weighted by Crippen LogP contribution is -2.61. The van der Waals surface area contributed by atoms with Crippen LogP contribution in [0.4, 0.5) is 0 Å². The van der Waals surface area contributed by atoms with Crippen molar-refractivity contribution in [3.05, 3.63) is 97.2 Å². The number of aliphatic hydroxyl groups excluding tert-OH is 5. The SMILES string of the molecule is CC/C=C\C/C=C\C/C=C\C/C=C\C/C=C\CCCCCCCC(=O)OC1C(OCC(NC(=O)C(O)CCCCCCCC/C=C\C/C=C\CCCCC)C(O)/C=C/CCCCCCCCCCCCC)OC(CO)C(O)C1O. The van der Waals surface area contributed by atoms with Gasteiger partial charge in [0.25, 0.3) is 0 Å². The Kier molecular flexibility index (Phi) is 51.4. The number of nitrogens with one attached hydrogen (secondary N) is 1. The molecule has 8 unspecified atom stereocenters. The predicted octanol–water partition coefficient (Wildman–Crippen LogP) is 15.5. The van der Waals surface area contributed by atoms with E-state index in [4.69, 9.17) is 14.2 Å². The second kappa shape index (κ2) is 55.1. The molecule has 1 amide bonds. The minimum Gasteiger partial charge on any atom is -0.454 e. The molecule has 1 rings (SSSR count). The number of hydrogen-bond acceptors (Lipinski definition) is 10. The summed E-state index contributed by atoms with van der Waals surface area (Å²) in [6, 6.07) is -1.04. The van der Waals surface area contributed by atoms with Gasteiger partial charge in [-0.3, -0.25) is 9.59 Å². The first kappa shape index (κ1) is 73.6. The Morgan fingerprint density at radius 3 is 1.39 bits per heavy atom. The van der Waals surface area contributed by atoms with Gasteiger partial charge in [-0.05, 0) is 103 Å². The first-order valence-corrected chi connectivity index (χ1v) is 32.0. The number of unbranched alkanes of at least 4 members (excludes halogenated alkanes) is 25. The van der Waals surface area contributed by atoms with E-state index in [1.54, 1.807) is 6.08 Å². The number of carbonyl (C=O) groups excluding carboxylic acids is 2. The maximum absolute atomic E-state index is 13.4. The van der Waals surface area contributed by atoms with Crippen LogP contribution in [0.3, 0.4) is 0 Å². The summed E-state index contributed by atoms with van der Waals surface area (Å²) in [7, 11) is 0. The topological polar surface area (TPSA) is 175 Å². The molecule has 8 atom stereocenters. The maximum Gasteiger partial charge on any atom is 0.306 e. The van der Waals surface area contributed by atoms with Crippen LogP contribution in [-0.2, 0) is 23.8 Å². The molecule has 1 heterocycles. The van der Waals surface area contributed by atoms with Gasteiger partial charge in [-0.2, -0.15) is 0 Å². The van der Waals surface area contributed by atoms with E-state index < -0.39 is 67.4 Å². The van der Waals surface area contributed by atoms with Gasteiger partial charge in [0.05, 0.1) is 25.4 Å². The Morgan fingerprint density at radius 2 is 0.911 bits per heavy atom. The summed E-state index contributed by atoms with van der Waals surface area (Å²) < 4.78 is 17.6. The monoisotopic (exact) mass is 1110 g/mol. The van der Waals surface area contributed by atoms with Crippen LogP contribution in [0.15, 0.2) is 97.2 Å². The highest BCUT2D eigenvalue weighted by atomic mass is 16.7. The molecule has 11 nitrogen and oxygen atoms in total. The molecule has 1 aliphatic heterocycles. The maximum atomic E-state index is 13.4. The summed E-state index contributed by atoms with van der Waals surface area (Å²) in [5.41, 5.74) is 0. The van der Waals surface area contributed by atoms with Crippen molar-refractivity contribution in [2.45, 2.75) is 307 Å². The Labute approximate surface area is 482 Å². The number of allylic oxidation sites excluding steroid dienone is 15. The molecule has 79 heavy (non-hydrogen) atoms. The van der Waals surface area contributed by atoms with Crippen LogP contribution < -0.4 is 5.32 Å². The summed E-state index contributed by atoms with van der Waals surface area (Å²) >= 11 is 0. The van der Waals surface area contributed by atoms with Crippen molar-refractivity contribution in [3.63, 3.8) is 0 Å². The van der Waals surface area contributed by atoms with Gasteiger partial charge in [-0.1, -0.05) is 246 Å². The van der Waals surface area contributed by atoms with Crippen LogP contribution in [-0.4, -0.2) is 99.6 Å². The second-order valence-electron chi connectivity index (χ2n) is 21.8. The van der Waals surface area contributed by atoms with E-state index in [9.17, 15) is 35.1 Å². The van der Waals surface area contributed by atoms with Crippen molar-refractivity contribution in [2.75, 3.05) is 13.2 Å². The largest absolute Gasteiger partial charge is 0.454 e. The molecule has 0 bridgehead atoms. The molecule has 1 aliphatic rings. The van der Waals surface area contributed by atoms with Crippen molar-refractivity contribution >= 4 is 11.9 Å². The predicted molar refractivity (Wildman–Crippen MR) is 329 cm³/mol. The van der Waals surface area contributed by atoms with E-state index >= 15 is 0 Å².